The first kappa shape index (κ1) is 16.1. The van der Waals surface area contributed by atoms with Crippen molar-refractivity contribution >= 4 is 24.8 Å². The van der Waals surface area contributed by atoms with Crippen molar-refractivity contribution in [1.29, 1.82) is 0 Å². The molecule has 0 aromatic carbocycles. The summed E-state index contributed by atoms with van der Waals surface area (Å²) in [6, 6.07) is 0. The molecule has 1 fully saturated rings. The average Bonchev–Trinajstić information content (AvgIpc) is 1.76. The van der Waals surface area contributed by atoms with Gasteiger partial charge in [-0.05, 0) is 12.8 Å². The fourth-order valence-corrected chi connectivity index (χ4v) is 0.510. The van der Waals surface area contributed by atoms with E-state index in [1.807, 2.05) is 0 Å². The van der Waals surface area contributed by atoms with Gasteiger partial charge in [-0.2, -0.15) is 0 Å². The van der Waals surface area contributed by atoms with Crippen molar-refractivity contribution in [3.63, 3.8) is 0 Å². The quantitative estimate of drug-likeness (QED) is 0.531. The molecule has 1 nitrogen and oxygen atoms in total. The van der Waals surface area contributed by atoms with Gasteiger partial charge in [-0.1, -0.05) is 0 Å². The van der Waals surface area contributed by atoms with Crippen molar-refractivity contribution < 1.29 is 26.5 Å². The van der Waals surface area contributed by atoms with Gasteiger partial charge in [0.15, 0.2) is 0 Å². The maximum atomic E-state index is 4.94. The molecule has 8 heavy (non-hydrogen) atoms. The summed E-state index contributed by atoms with van der Waals surface area (Å²) < 4.78 is 4.94. The Morgan fingerprint density at radius 3 is 1.38 bits per heavy atom. The molecule has 0 aromatic rings. The third-order valence-electron chi connectivity index (χ3n) is 0.827. The molecule has 0 atom stereocenters. The second-order valence-corrected chi connectivity index (χ2v) is 1.32. The van der Waals surface area contributed by atoms with Crippen LogP contribution >= 0.6 is 24.8 Å². The average molecular weight is 193 g/mol. The minimum Gasteiger partial charge on any atom is -0.381 e. The minimum atomic E-state index is 0. The fourth-order valence-electron chi connectivity index (χ4n) is 0.510. The van der Waals surface area contributed by atoms with E-state index in [2.05, 4.69) is 0 Å². The third-order valence-corrected chi connectivity index (χ3v) is 0.827. The predicted molar refractivity (Wildman–Crippen MR) is 34.5 cm³/mol. The summed E-state index contributed by atoms with van der Waals surface area (Å²) in [5.41, 5.74) is 0. The summed E-state index contributed by atoms with van der Waals surface area (Å²) in [7, 11) is 0. The van der Waals surface area contributed by atoms with Crippen LogP contribution in [0.3, 0.4) is 0 Å². The van der Waals surface area contributed by atoms with Crippen LogP contribution in [0.25, 0.3) is 0 Å². The normalized spacial score (nSPS) is 15.0. The Labute approximate surface area is 77.3 Å². The first-order valence-electron chi connectivity index (χ1n) is 2.08. The van der Waals surface area contributed by atoms with Crippen molar-refractivity contribution in [3.8, 4) is 0 Å². The van der Waals surface area contributed by atoms with Crippen molar-refractivity contribution in [2.24, 2.45) is 0 Å². The molecule has 0 spiro atoms. The van der Waals surface area contributed by atoms with E-state index >= 15 is 0 Å². The van der Waals surface area contributed by atoms with Gasteiger partial charge in [0.25, 0.3) is 0 Å². The molecule has 0 saturated carbocycles. The third kappa shape index (κ3) is 7.25. The van der Waals surface area contributed by atoms with Gasteiger partial charge in [0.05, 0.1) is 0 Å². The summed E-state index contributed by atoms with van der Waals surface area (Å²) in [4.78, 5) is 0. The molecule has 50 valence electrons. The molecular weight excluding hydrogens is 183 g/mol. The molecule has 4 heteroatoms. The molecule has 1 saturated heterocycles. The standard InChI is InChI=1S/C4H8O.2ClH.Ti/c1-2-4-5-3-1;;;/h1-4H2;2*1H;. The van der Waals surface area contributed by atoms with Gasteiger partial charge >= 0.3 is 0 Å². The Hall–Kier alpha value is 1.25. The SMILES string of the molecule is C1CCOC1.Cl.Cl.[Ti]. The van der Waals surface area contributed by atoms with Crippen LogP contribution in [0, 0.1) is 0 Å². The van der Waals surface area contributed by atoms with Crippen molar-refractivity contribution in [2.75, 3.05) is 13.2 Å². The molecule has 0 aromatic heterocycles. The summed E-state index contributed by atoms with van der Waals surface area (Å²) in [5, 5.41) is 0. The number of ether oxygens (including phenoxy) is 1. The molecule has 0 N–H and O–H groups in total. The number of halogens is 2. The van der Waals surface area contributed by atoms with Crippen LogP contribution in [-0.4, -0.2) is 13.2 Å². The maximum Gasteiger partial charge on any atom is 0.0466 e. The monoisotopic (exact) mass is 192 g/mol. The predicted octanol–water partition coefficient (Wildman–Crippen LogP) is 1.64. The van der Waals surface area contributed by atoms with E-state index in [1.54, 1.807) is 0 Å². The molecule has 1 aliphatic heterocycles. The molecule has 0 radical (unpaired) electrons. The molecule has 1 heterocycles. The fraction of sp³-hybridized carbons (Fsp3) is 1.00. The molecule has 0 amide bonds. The summed E-state index contributed by atoms with van der Waals surface area (Å²) in [5.74, 6) is 0. The molecule has 0 aliphatic carbocycles. The summed E-state index contributed by atoms with van der Waals surface area (Å²) in [6.07, 6.45) is 2.56. The van der Waals surface area contributed by atoms with E-state index in [4.69, 9.17) is 4.74 Å². The Morgan fingerprint density at radius 2 is 1.25 bits per heavy atom. The van der Waals surface area contributed by atoms with Gasteiger partial charge in [0.1, 0.15) is 0 Å². The first-order valence-corrected chi connectivity index (χ1v) is 2.08. The number of hydrogen-bond acceptors (Lipinski definition) is 1. The zero-order valence-corrected chi connectivity index (χ0v) is 7.75. The molecule has 0 unspecified atom stereocenters. The molecule has 0 bridgehead atoms. The Bertz CT molecular complexity index is 25.6. The van der Waals surface area contributed by atoms with Crippen molar-refractivity contribution in [3.05, 3.63) is 0 Å². The second kappa shape index (κ2) is 11.1. The van der Waals surface area contributed by atoms with Gasteiger partial charge in [-0.25, -0.2) is 0 Å². The van der Waals surface area contributed by atoms with E-state index in [9.17, 15) is 0 Å². The Morgan fingerprint density at radius 1 is 0.875 bits per heavy atom. The maximum absolute atomic E-state index is 4.94. The smallest absolute Gasteiger partial charge is 0.0466 e. The van der Waals surface area contributed by atoms with E-state index in [-0.39, 0.29) is 46.5 Å². The molecule has 1 rings (SSSR count). The zero-order chi connectivity index (χ0) is 3.54. The first-order chi connectivity index (χ1) is 2.50. The van der Waals surface area contributed by atoms with E-state index in [0.29, 0.717) is 0 Å². The second-order valence-electron chi connectivity index (χ2n) is 1.32. The topological polar surface area (TPSA) is 9.23 Å². The minimum absolute atomic E-state index is 0. The summed E-state index contributed by atoms with van der Waals surface area (Å²) >= 11 is 0. The van der Waals surface area contributed by atoms with E-state index < -0.39 is 0 Å². The van der Waals surface area contributed by atoms with E-state index in [0.717, 1.165) is 13.2 Å². The van der Waals surface area contributed by atoms with Crippen LogP contribution in [0.15, 0.2) is 0 Å². The van der Waals surface area contributed by atoms with Gasteiger partial charge < -0.3 is 4.74 Å². The zero-order valence-electron chi connectivity index (χ0n) is 4.55. The molecule has 1 aliphatic rings. The van der Waals surface area contributed by atoms with Crippen LogP contribution < -0.4 is 0 Å². The van der Waals surface area contributed by atoms with Gasteiger partial charge in [0, 0.05) is 34.9 Å². The molecular formula is C4H10Cl2OTi. The Kier molecular flexibility index (Phi) is 22.4. The van der Waals surface area contributed by atoms with Crippen LogP contribution in [-0.2, 0) is 26.5 Å². The largest absolute Gasteiger partial charge is 0.381 e. The number of hydrogen-bond donors (Lipinski definition) is 0. The van der Waals surface area contributed by atoms with Crippen LogP contribution in [0.4, 0.5) is 0 Å². The van der Waals surface area contributed by atoms with Crippen molar-refractivity contribution in [2.45, 2.75) is 12.8 Å². The van der Waals surface area contributed by atoms with Crippen LogP contribution in [0.2, 0.25) is 0 Å². The van der Waals surface area contributed by atoms with E-state index in [1.165, 1.54) is 12.8 Å². The van der Waals surface area contributed by atoms with Crippen LogP contribution in [0.1, 0.15) is 12.8 Å². The number of rotatable bonds is 0. The van der Waals surface area contributed by atoms with Gasteiger partial charge in [0.2, 0.25) is 0 Å². The van der Waals surface area contributed by atoms with Crippen LogP contribution in [0.5, 0.6) is 0 Å². The van der Waals surface area contributed by atoms with Gasteiger partial charge in [-0.15, -0.1) is 24.8 Å². The van der Waals surface area contributed by atoms with Gasteiger partial charge in [-0.3, -0.25) is 0 Å². The van der Waals surface area contributed by atoms with Crippen molar-refractivity contribution in [1.82, 2.24) is 0 Å². The Balaban J connectivity index is -0.0000000833. The summed E-state index contributed by atoms with van der Waals surface area (Å²) in [6.45, 7) is 2.00.